The van der Waals surface area contributed by atoms with E-state index in [4.69, 9.17) is 4.98 Å². The Bertz CT molecular complexity index is 567. The van der Waals surface area contributed by atoms with Gasteiger partial charge in [-0.05, 0) is 38.3 Å². The fourth-order valence-corrected chi connectivity index (χ4v) is 4.00. The number of rotatable bonds is 4. The van der Waals surface area contributed by atoms with E-state index in [1.54, 1.807) is 11.3 Å². The number of hydrogen-bond donors (Lipinski definition) is 1. The average Bonchev–Trinajstić information content (AvgIpc) is 3.05. The summed E-state index contributed by atoms with van der Waals surface area (Å²) in [6, 6.07) is 9.43. The molecule has 2 nitrogen and oxygen atoms in total. The van der Waals surface area contributed by atoms with E-state index in [1.165, 1.54) is 43.2 Å². The lowest BCUT2D eigenvalue weighted by molar-refractivity contribution is 0.443. The Kier molecular flexibility index (Phi) is 4.71. The van der Waals surface area contributed by atoms with Gasteiger partial charge < -0.3 is 5.32 Å². The first kappa shape index (κ1) is 14.7. The first-order valence-electron chi connectivity index (χ1n) is 8.01. The molecule has 1 aromatic heterocycles. The number of benzene rings is 1. The van der Waals surface area contributed by atoms with E-state index in [1.807, 2.05) is 7.05 Å². The lowest BCUT2D eigenvalue weighted by Gasteiger charge is -2.22. The molecule has 1 aromatic carbocycles. The molecule has 0 spiro atoms. The van der Waals surface area contributed by atoms with Gasteiger partial charge in [0, 0.05) is 10.9 Å². The van der Waals surface area contributed by atoms with Crippen molar-refractivity contribution in [1.82, 2.24) is 10.3 Å². The van der Waals surface area contributed by atoms with Gasteiger partial charge in [0.25, 0.3) is 0 Å². The maximum atomic E-state index is 4.75. The molecular formula is C18H24N2S. The third kappa shape index (κ3) is 3.35. The fourth-order valence-electron chi connectivity index (χ4n) is 3.10. The summed E-state index contributed by atoms with van der Waals surface area (Å²) in [6.07, 6.45) is 6.92. The molecule has 3 rings (SSSR count). The van der Waals surface area contributed by atoms with Crippen LogP contribution in [0.15, 0.2) is 29.6 Å². The normalized spacial score (nSPS) is 17.8. The van der Waals surface area contributed by atoms with Crippen molar-refractivity contribution in [3.05, 3.63) is 40.2 Å². The first-order chi connectivity index (χ1) is 10.3. The topological polar surface area (TPSA) is 24.9 Å². The lowest BCUT2D eigenvalue weighted by atomic mass is 9.84. The highest BCUT2D eigenvalue weighted by Gasteiger charge is 2.15. The minimum absolute atomic E-state index is 0.324. The van der Waals surface area contributed by atoms with E-state index in [9.17, 15) is 0 Å². The molecule has 1 aliphatic rings. The summed E-state index contributed by atoms with van der Waals surface area (Å²) in [5, 5.41) is 6.57. The number of thiazole rings is 1. The summed E-state index contributed by atoms with van der Waals surface area (Å²) in [7, 11) is 1.98. The van der Waals surface area contributed by atoms with Crippen LogP contribution < -0.4 is 5.32 Å². The number of hydrogen-bond acceptors (Lipinski definition) is 3. The van der Waals surface area contributed by atoms with Crippen LogP contribution in [0.4, 0.5) is 0 Å². The van der Waals surface area contributed by atoms with Gasteiger partial charge in [-0.1, -0.05) is 43.5 Å². The molecule has 1 saturated carbocycles. The molecular weight excluding hydrogens is 276 g/mol. The van der Waals surface area contributed by atoms with E-state index >= 15 is 0 Å². The Morgan fingerprint density at radius 1 is 1.14 bits per heavy atom. The van der Waals surface area contributed by atoms with Crippen molar-refractivity contribution in [2.45, 2.75) is 51.0 Å². The van der Waals surface area contributed by atoms with Crippen LogP contribution in [0.2, 0.25) is 0 Å². The van der Waals surface area contributed by atoms with Crippen molar-refractivity contribution in [3.8, 4) is 11.3 Å². The Morgan fingerprint density at radius 2 is 1.86 bits per heavy atom. The smallest absolute Gasteiger partial charge is 0.110 e. The Morgan fingerprint density at radius 3 is 2.52 bits per heavy atom. The highest BCUT2D eigenvalue weighted by Crippen LogP contribution is 2.34. The maximum Gasteiger partial charge on any atom is 0.110 e. The van der Waals surface area contributed by atoms with Crippen LogP contribution in [0, 0.1) is 0 Å². The van der Waals surface area contributed by atoms with Crippen LogP contribution in [0.5, 0.6) is 0 Å². The monoisotopic (exact) mass is 300 g/mol. The zero-order chi connectivity index (χ0) is 14.7. The van der Waals surface area contributed by atoms with Crippen molar-refractivity contribution >= 4 is 11.3 Å². The maximum absolute atomic E-state index is 4.75. The summed E-state index contributed by atoms with van der Waals surface area (Å²) in [5.41, 5.74) is 3.85. The third-order valence-corrected chi connectivity index (χ3v) is 5.64. The van der Waals surface area contributed by atoms with Gasteiger partial charge >= 0.3 is 0 Å². The summed E-state index contributed by atoms with van der Waals surface area (Å²) in [4.78, 5) is 4.75. The minimum Gasteiger partial charge on any atom is -0.311 e. The van der Waals surface area contributed by atoms with E-state index in [0.29, 0.717) is 6.04 Å². The molecule has 1 fully saturated rings. The first-order valence-corrected chi connectivity index (χ1v) is 8.89. The molecule has 0 saturated heterocycles. The van der Waals surface area contributed by atoms with Crippen molar-refractivity contribution in [2.75, 3.05) is 7.05 Å². The summed E-state index contributed by atoms with van der Waals surface area (Å²) in [5.74, 6) is 0.781. The van der Waals surface area contributed by atoms with Gasteiger partial charge in [-0.3, -0.25) is 0 Å². The van der Waals surface area contributed by atoms with Crippen molar-refractivity contribution < 1.29 is 0 Å². The predicted molar refractivity (Wildman–Crippen MR) is 90.9 cm³/mol. The molecule has 1 atom stereocenters. The van der Waals surface area contributed by atoms with Gasteiger partial charge in [-0.15, -0.1) is 11.3 Å². The van der Waals surface area contributed by atoms with Crippen LogP contribution in [0.1, 0.15) is 61.6 Å². The molecule has 0 amide bonds. The molecule has 1 aliphatic carbocycles. The van der Waals surface area contributed by atoms with Crippen molar-refractivity contribution in [2.24, 2.45) is 0 Å². The van der Waals surface area contributed by atoms with Gasteiger partial charge in [0.1, 0.15) is 5.01 Å². The van der Waals surface area contributed by atoms with Gasteiger partial charge in [0.05, 0.1) is 11.7 Å². The minimum atomic E-state index is 0.324. The van der Waals surface area contributed by atoms with Crippen LogP contribution in [-0.2, 0) is 0 Å². The van der Waals surface area contributed by atoms with E-state index in [2.05, 4.69) is 41.9 Å². The van der Waals surface area contributed by atoms with E-state index in [-0.39, 0.29) is 0 Å². The molecule has 0 radical (unpaired) electrons. The van der Waals surface area contributed by atoms with Crippen LogP contribution in [0.3, 0.4) is 0 Å². The number of nitrogens with one attached hydrogen (secondary N) is 1. The largest absolute Gasteiger partial charge is 0.311 e. The lowest BCUT2D eigenvalue weighted by Crippen LogP contribution is -2.11. The molecule has 1 N–H and O–H groups in total. The second-order valence-electron chi connectivity index (χ2n) is 6.04. The Labute approximate surface area is 131 Å². The van der Waals surface area contributed by atoms with Crippen molar-refractivity contribution in [1.29, 1.82) is 0 Å². The molecule has 21 heavy (non-hydrogen) atoms. The van der Waals surface area contributed by atoms with Crippen LogP contribution in [0.25, 0.3) is 11.3 Å². The zero-order valence-electron chi connectivity index (χ0n) is 12.9. The molecule has 0 bridgehead atoms. The average molecular weight is 300 g/mol. The van der Waals surface area contributed by atoms with E-state index < -0.39 is 0 Å². The third-order valence-electron chi connectivity index (χ3n) is 4.61. The van der Waals surface area contributed by atoms with Crippen LogP contribution >= 0.6 is 11.3 Å². The summed E-state index contributed by atoms with van der Waals surface area (Å²) < 4.78 is 0. The van der Waals surface area contributed by atoms with Gasteiger partial charge in [0.15, 0.2) is 0 Å². The van der Waals surface area contributed by atoms with E-state index in [0.717, 1.165) is 16.6 Å². The second kappa shape index (κ2) is 6.71. The zero-order valence-corrected chi connectivity index (χ0v) is 13.7. The quantitative estimate of drug-likeness (QED) is 0.846. The molecule has 1 unspecified atom stereocenters. The van der Waals surface area contributed by atoms with Crippen molar-refractivity contribution in [3.63, 3.8) is 0 Å². The van der Waals surface area contributed by atoms with Gasteiger partial charge in [-0.25, -0.2) is 4.98 Å². The molecule has 2 aromatic rings. The Balaban J connectivity index is 1.75. The molecule has 1 heterocycles. The number of aromatic nitrogens is 1. The summed E-state index contributed by atoms with van der Waals surface area (Å²) >= 11 is 1.74. The van der Waals surface area contributed by atoms with Crippen LogP contribution in [-0.4, -0.2) is 12.0 Å². The van der Waals surface area contributed by atoms with Gasteiger partial charge in [-0.2, -0.15) is 0 Å². The molecule has 3 heteroatoms. The predicted octanol–water partition coefficient (Wildman–Crippen LogP) is 5.14. The highest BCUT2D eigenvalue weighted by molar-refractivity contribution is 7.10. The molecule has 0 aliphatic heterocycles. The standard InChI is InChI=1S/C18H24N2S/c1-13(19-2)18-20-17(12-21-18)16-10-8-15(9-11-16)14-6-4-3-5-7-14/h8-14,19H,3-7H2,1-2H3. The molecule has 112 valence electrons. The fraction of sp³-hybridized carbons (Fsp3) is 0.500. The second-order valence-corrected chi connectivity index (χ2v) is 6.93. The SMILES string of the molecule is CNC(C)c1nc(-c2ccc(C3CCCCC3)cc2)cs1. The number of nitrogens with zero attached hydrogens (tertiary/aromatic N) is 1. The summed E-state index contributed by atoms with van der Waals surface area (Å²) in [6.45, 7) is 2.15. The highest BCUT2D eigenvalue weighted by atomic mass is 32.1. The Hall–Kier alpha value is -1.19. The van der Waals surface area contributed by atoms with Gasteiger partial charge in [0.2, 0.25) is 0 Å².